The molecule has 5 aromatic rings. The number of aromatic nitrogens is 1. The summed E-state index contributed by atoms with van der Waals surface area (Å²) < 4.78 is 2.28. The van der Waals surface area contributed by atoms with Gasteiger partial charge in [-0.05, 0) is 87.8 Å². The molecule has 0 saturated carbocycles. The molecular weight excluding hydrogens is 350 g/mol. The van der Waals surface area contributed by atoms with E-state index in [1.165, 1.54) is 71.4 Å². The second kappa shape index (κ2) is 5.67. The Morgan fingerprint density at radius 2 is 1.45 bits per heavy atom. The van der Waals surface area contributed by atoms with Crippen LogP contribution >= 0.6 is 0 Å². The lowest BCUT2D eigenvalue weighted by Crippen LogP contribution is -2.31. The van der Waals surface area contributed by atoms with E-state index in [0.29, 0.717) is 0 Å². The van der Waals surface area contributed by atoms with Crippen LogP contribution in [0.5, 0.6) is 0 Å². The van der Waals surface area contributed by atoms with Gasteiger partial charge >= 0.3 is 0 Å². The molecule has 1 aliphatic rings. The molecule has 0 atom stereocenters. The van der Waals surface area contributed by atoms with Gasteiger partial charge in [-0.3, -0.25) is 0 Å². The molecule has 29 heavy (non-hydrogen) atoms. The molecule has 140 valence electrons. The Kier molecular flexibility index (Phi) is 3.27. The first-order valence-corrected chi connectivity index (χ1v) is 10.4. The Bertz CT molecular complexity index is 1500. The van der Waals surface area contributed by atoms with E-state index in [-0.39, 0.29) is 0 Å². The maximum atomic E-state index is 2.45. The lowest BCUT2D eigenvalue weighted by molar-refractivity contribution is -0.660. The molecule has 1 aliphatic carbocycles. The summed E-state index contributed by atoms with van der Waals surface area (Å²) in [5, 5.41) is 8.46. The molecule has 0 saturated heterocycles. The van der Waals surface area contributed by atoms with Crippen molar-refractivity contribution in [1.82, 2.24) is 0 Å². The molecule has 0 spiro atoms. The van der Waals surface area contributed by atoms with Crippen molar-refractivity contribution in [3.63, 3.8) is 0 Å². The van der Waals surface area contributed by atoms with Crippen molar-refractivity contribution in [3.8, 4) is 11.3 Å². The molecular formula is C28H24N+. The summed E-state index contributed by atoms with van der Waals surface area (Å²) in [4.78, 5) is 0. The van der Waals surface area contributed by atoms with Crippen LogP contribution < -0.4 is 4.57 Å². The zero-order valence-electron chi connectivity index (χ0n) is 17.4. The summed E-state index contributed by atoms with van der Waals surface area (Å²) in [5.41, 5.74) is 9.73. The second-order valence-electron chi connectivity index (χ2n) is 8.65. The van der Waals surface area contributed by atoms with Crippen molar-refractivity contribution in [3.05, 3.63) is 88.6 Å². The minimum atomic E-state index is 1.04. The van der Waals surface area contributed by atoms with Crippen molar-refractivity contribution in [2.45, 2.75) is 27.2 Å². The Morgan fingerprint density at radius 1 is 0.724 bits per heavy atom. The minimum absolute atomic E-state index is 1.04. The molecule has 0 radical (unpaired) electrons. The van der Waals surface area contributed by atoms with Gasteiger partial charge in [-0.15, -0.1) is 0 Å². The molecule has 4 aromatic carbocycles. The van der Waals surface area contributed by atoms with Gasteiger partial charge in [-0.1, -0.05) is 42.5 Å². The SMILES string of the molecule is Cc1cc(-c2cc3c4ccccc4c4cccc5c4c3c(c2C)C5)[n+](C)cc1C. The van der Waals surface area contributed by atoms with Crippen LogP contribution in [0.15, 0.2) is 60.8 Å². The zero-order chi connectivity index (χ0) is 19.9. The van der Waals surface area contributed by atoms with Crippen molar-refractivity contribution in [2.24, 2.45) is 7.05 Å². The number of benzene rings is 4. The highest BCUT2D eigenvalue weighted by atomic mass is 14.9. The summed E-state index contributed by atoms with van der Waals surface area (Å²) in [5.74, 6) is 0. The molecule has 0 unspecified atom stereocenters. The molecule has 1 nitrogen and oxygen atoms in total. The van der Waals surface area contributed by atoms with Crippen LogP contribution in [0.2, 0.25) is 0 Å². The molecule has 1 aromatic heterocycles. The number of rotatable bonds is 1. The summed E-state index contributed by atoms with van der Waals surface area (Å²) in [6, 6.07) is 20.5. The number of hydrogen-bond donors (Lipinski definition) is 0. The number of hydrogen-bond acceptors (Lipinski definition) is 0. The lowest BCUT2D eigenvalue weighted by atomic mass is 9.89. The Balaban J connectivity index is 1.83. The van der Waals surface area contributed by atoms with E-state index in [2.05, 4.69) is 93.2 Å². The first-order valence-electron chi connectivity index (χ1n) is 10.4. The van der Waals surface area contributed by atoms with Crippen LogP contribution in [0.3, 0.4) is 0 Å². The van der Waals surface area contributed by atoms with Crippen molar-refractivity contribution in [2.75, 3.05) is 0 Å². The highest BCUT2D eigenvalue weighted by Crippen LogP contribution is 2.46. The van der Waals surface area contributed by atoms with Crippen molar-refractivity contribution in [1.29, 1.82) is 0 Å². The monoisotopic (exact) mass is 374 g/mol. The van der Waals surface area contributed by atoms with E-state index in [1.807, 2.05) is 0 Å². The van der Waals surface area contributed by atoms with E-state index >= 15 is 0 Å². The van der Waals surface area contributed by atoms with E-state index in [4.69, 9.17) is 0 Å². The highest BCUT2D eigenvalue weighted by molar-refractivity contribution is 6.29. The van der Waals surface area contributed by atoms with Gasteiger partial charge in [-0.25, -0.2) is 4.57 Å². The Morgan fingerprint density at radius 3 is 2.24 bits per heavy atom. The van der Waals surface area contributed by atoms with Gasteiger partial charge in [0.1, 0.15) is 7.05 Å². The fourth-order valence-corrected chi connectivity index (χ4v) is 5.38. The van der Waals surface area contributed by atoms with Gasteiger partial charge < -0.3 is 0 Å². The van der Waals surface area contributed by atoms with Gasteiger partial charge in [0.25, 0.3) is 0 Å². The Labute approximate surface area is 171 Å². The number of aryl methyl sites for hydroxylation is 3. The van der Waals surface area contributed by atoms with Gasteiger partial charge in [0.05, 0.1) is 0 Å². The van der Waals surface area contributed by atoms with E-state index < -0.39 is 0 Å². The van der Waals surface area contributed by atoms with Crippen LogP contribution in [0, 0.1) is 20.8 Å². The van der Waals surface area contributed by atoms with Gasteiger partial charge in [-0.2, -0.15) is 0 Å². The van der Waals surface area contributed by atoms with Crippen molar-refractivity contribution >= 4 is 32.3 Å². The third-order valence-corrected chi connectivity index (χ3v) is 7.01. The molecule has 0 bridgehead atoms. The van der Waals surface area contributed by atoms with Crippen LogP contribution in [-0.2, 0) is 13.5 Å². The Hall–Kier alpha value is -3.19. The van der Waals surface area contributed by atoms with Crippen LogP contribution in [0.1, 0.15) is 27.8 Å². The summed E-state index contributed by atoms with van der Waals surface area (Å²) in [7, 11) is 2.17. The largest absolute Gasteiger partial charge is 0.212 e. The predicted octanol–water partition coefficient (Wildman–Crippen LogP) is 6.47. The smallest absolute Gasteiger partial charge is 0.201 e. The van der Waals surface area contributed by atoms with Crippen molar-refractivity contribution < 1.29 is 4.57 Å². The second-order valence-corrected chi connectivity index (χ2v) is 8.65. The van der Waals surface area contributed by atoms with Gasteiger partial charge in [0, 0.05) is 17.2 Å². The minimum Gasteiger partial charge on any atom is -0.201 e. The number of nitrogens with zero attached hydrogens (tertiary/aromatic N) is 1. The molecule has 0 N–H and O–H groups in total. The third kappa shape index (κ3) is 2.13. The van der Waals surface area contributed by atoms with Gasteiger partial charge in [0.2, 0.25) is 5.69 Å². The molecule has 0 amide bonds. The average Bonchev–Trinajstić information content (AvgIpc) is 3.12. The lowest BCUT2D eigenvalue weighted by Gasteiger charge is -2.14. The number of fused-ring (bicyclic) bond motifs is 3. The standard InChI is InChI=1S/C28H24N/c1-16-12-26(29(4)15-17(16)2)23-14-25-21-10-6-5-9-20(21)22-11-7-8-19-13-24(18(23)3)28(25)27(19)22/h5-12,14-15H,13H2,1-4H3/q+1. The topological polar surface area (TPSA) is 3.88 Å². The fourth-order valence-electron chi connectivity index (χ4n) is 5.38. The normalized spacial score (nSPS) is 12.7. The summed E-state index contributed by atoms with van der Waals surface area (Å²) in [6.07, 6.45) is 3.29. The molecule has 1 heteroatoms. The predicted molar refractivity (Wildman–Crippen MR) is 123 cm³/mol. The van der Waals surface area contributed by atoms with E-state index in [1.54, 1.807) is 0 Å². The van der Waals surface area contributed by atoms with Gasteiger partial charge in [0.15, 0.2) is 6.20 Å². The van der Waals surface area contributed by atoms with Crippen LogP contribution in [0.4, 0.5) is 0 Å². The van der Waals surface area contributed by atoms with E-state index in [0.717, 1.165) is 6.42 Å². The maximum Gasteiger partial charge on any atom is 0.212 e. The molecule has 6 rings (SSSR count). The zero-order valence-corrected chi connectivity index (χ0v) is 17.4. The quantitative estimate of drug-likeness (QED) is 0.229. The van der Waals surface area contributed by atoms with E-state index in [9.17, 15) is 0 Å². The maximum absolute atomic E-state index is 2.45. The fraction of sp³-hybridized carbons (Fsp3) is 0.179. The molecule has 1 heterocycles. The number of pyridine rings is 1. The molecule has 0 aliphatic heterocycles. The third-order valence-electron chi connectivity index (χ3n) is 7.01. The molecule has 0 fully saturated rings. The summed E-state index contributed by atoms with van der Waals surface area (Å²) in [6.45, 7) is 6.71. The van der Waals surface area contributed by atoms with Crippen LogP contribution in [-0.4, -0.2) is 0 Å². The highest BCUT2D eigenvalue weighted by Gasteiger charge is 2.25. The first-order chi connectivity index (χ1) is 14.0. The summed E-state index contributed by atoms with van der Waals surface area (Å²) >= 11 is 0. The average molecular weight is 375 g/mol. The first kappa shape index (κ1) is 16.7. The van der Waals surface area contributed by atoms with Crippen LogP contribution in [0.25, 0.3) is 43.6 Å².